The lowest BCUT2D eigenvalue weighted by Crippen LogP contribution is -2.45. The number of nitrogens with zero attached hydrogens (tertiary/aromatic N) is 1. The van der Waals surface area contributed by atoms with Crippen LogP contribution in [0.25, 0.3) is 0 Å². The SMILES string of the molecule is CN1C2CCC(CC3CCCCN3)C1CC2. The van der Waals surface area contributed by atoms with E-state index in [0.717, 1.165) is 24.0 Å². The first-order valence-electron chi connectivity index (χ1n) is 7.30. The number of fused-ring (bicyclic) bond motifs is 2. The van der Waals surface area contributed by atoms with E-state index in [0.29, 0.717) is 0 Å². The van der Waals surface area contributed by atoms with Crippen LogP contribution in [0.2, 0.25) is 0 Å². The second-order valence-electron chi connectivity index (χ2n) is 6.18. The van der Waals surface area contributed by atoms with E-state index in [1.807, 2.05) is 0 Å². The molecule has 16 heavy (non-hydrogen) atoms. The van der Waals surface area contributed by atoms with Gasteiger partial charge in [-0.2, -0.15) is 0 Å². The monoisotopic (exact) mass is 222 g/mol. The topological polar surface area (TPSA) is 15.3 Å². The molecule has 1 N–H and O–H groups in total. The second-order valence-corrected chi connectivity index (χ2v) is 6.18. The molecule has 2 bridgehead atoms. The minimum atomic E-state index is 0.837. The van der Waals surface area contributed by atoms with Crippen LogP contribution in [-0.4, -0.2) is 36.6 Å². The van der Waals surface area contributed by atoms with Gasteiger partial charge >= 0.3 is 0 Å². The third-order valence-electron chi connectivity index (χ3n) is 5.31. The average molecular weight is 222 g/mol. The first kappa shape index (κ1) is 11.0. The van der Waals surface area contributed by atoms with Gasteiger partial charge in [0.1, 0.15) is 0 Å². The number of rotatable bonds is 2. The summed E-state index contributed by atoms with van der Waals surface area (Å²) in [5, 5.41) is 3.72. The van der Waals surface area contributed by atoms with Crippen molar-refractivity contribution in [1.82, 2.24) is 10.2 Å². The Kier molecular flexibility index (Phi) is 3.21. The van der Waals surface area contributed by atoms with Crippen molar-refractivity contribution in [3.63, 3.8) is 0 Å². The smallest absolute Gasteiger partial charge is 0.0125 e. The van der Waals surface area contributed by atoms with Crippen LogP contribution >= 0.6 is 0 Å². The molecule has 4 unspecified atom stereocenters. The Morgan fingerprint density at radius 3 is 2.75 bits per heavy atom. The molecule has 3 aliphatic heterocycles. The predicted octanol–water partition coefficient (Wildman–Crippen LogP) is 2.39. The van der Waals surface area contributed by atoms with Crippen molar-refractivity contribution in [2.45, 2.75) is 69.5 Å². The second kappa shape index (κ2) is 4.66. The van der Waals surface area contributed by atoms with Gasteiger partial charge in [0.2, 0.25) is 0 Å². The fourth-order valence-corrected chi connectivity index (χ4v) is 4.32. The molecule has 3 heterocycles. The summed E-state index contributed by atoms with van der Waals surface area (Å²) in [4.78, 5) is 2.69. The van der Waals surface area contributed by atoms with Crippen molar-refractivity contribution >= 4 is 0 Å². The Labute approximate surface area is 99.8 Å². The Bertz CT molecular complexity index is 235. The van der Waals surface area contributed by atoms with Gasteiger partial charge in [-0.1, -0.05) is 6.42 Å². The largest absolute Gasteiger partial charge is 0.314 e. The maximum atomic E-state index is 3.72. The average Bonchev–Trinajstić information content (AvgIpc) is 2.55. The van der Waals surface area contributed by atoms with Crippen LogP contribution in [0.1, 0.15) is 51.4 Å². The molecule has 0 aliphatic carbocycles. The molecular formula is C14H26N2. The van der Waals surface area contributed by atoms with E-state index in [1.165, 1.54) is 57.9 Å². The van der Waals surface area contributed by atoms with E-state index in [2.05, 4.69) is 17.3 Å². The van der Waals surface area contributed by atoms with E-state index < -0.39 is 0 Å². The summed E-state index contributed by atoms with van der Waals surface area (Å²) in [6, 6.07) is 2.69. The van der Waals surface area contributed by atoms with E-state index in [1.54, 1.807) is 0 Å². The van der Waals surface area contributed by atoms with Crippen LogP contribution in [-0.2, 0) is 0 Å². The molecular weight excluding hydrogens is 196 g/mol. The Morgan fingerprint density at radius 1 is 1.06 bits per heavy atom. The van der Waals surface area contributed by atoms with Crippen LogP contribution < -0.4 is 5.32 Å². The van der Waals surface area contributed by atoms with Gasteiger partial charge < -0.3 is 10.2 Å². The highest BCUT2D eigenvalue weighted by atomic mass is 15.2. The van der Waals surface area contributed by atoms with Gasteiger partial charge in [-0.15, -0.1) is 0 Å². The zero-order valence-electron chi connectivity index (χ0n) is 10.6. The molecule has 3 fully saturated rings. The van der Waals surface area contributed by atoms with Gasteiger partial charge in [-0.3, -0.25) is 0 Å². The van der Waals surface area contributed by atoms with Crippen molar-refractivity contribution in [2.75, 3.05) is 13.6 Å². The van der Waals surface area contributed by atoms with Crippen LogP contribution in [0.5, 0.6) is 0 Å². The van der Waals surface area contributed by atoms with Crippen LogP contribution in [0.3, 0.4) is 0 Å². The summed E-state index contributed by atoms with van der Waals surface area (Å²) in [6.07, 6.45) is 11.6. The maximum absolute atomic E-state index is 3.72. The molecule has 2 nitrogen and oxygen atoms in total. The molecule has 0 aromatic heterocycles. The quantitative estimate of drug-likeness (QED) is 0.772. The van der Waals surface area contributed by atoms with E-state index in [9.17, 15) is 0 Å². The molecule has 0 aromatic carbocycles. The highest BCUT2D eigenvalue weighted by Crippen LogP contribution is 2.40. The number of hydrogen-bond acceptors (Lipinski definition) is 2. The molecule has 3 saturated heterocycles. The standard InChI is InChI=1S/C14H26N2/c1-16-13-6-5-11(14(16)8-7-13)10-12-4-2-3-9-15-12/h11-15H,2-10H2,1H3. The lowest BCUT2D eigenvalue weighted by atomic mass is 9.83. The summed E-state index contributed by atoms with van der Waals surface area (Å²) in [7, 11) is 2.36. The fraction of sp³-hybridized carbons (Fsp3) is 1.00. The third-order valence-corrected chi connectivity index (χ3v) is 5.31. The molecule has 0 radical (unpaired) electrons. The molecule has 0 aromatic rings. The Hall–Kier alpha value is -0.0800. The molecule has 0 amide bonds. The first-order chi connectivity index (χ1) is 7.84. The van der Waals surface area contributed by atoms with Gasteiger partial charge in [0.05, 0.1) is 0 Å². The molecule has 4 atom stereocenters. The highest BCUT2D eigenvalue weighted by molar-refractivity contribution is 4.96. The summed E-state index contributed by atoms with van der Waals surface area (Å²) < 4.78 is 0. The molecule has 3 aliphatic rings. The summed E-state index contributed by atoms with van der Waals surface area (Å²) in [6.45, 7) is 1.26. The van der Waals surface area contributed by atoms with Gasteiger partial charge in [-0.25, -0.2) is 0 Å². The lowest BCUT2D eigenvalue weighted by Gasteiger charge is -2.39. The normalized spacial score (nSPS) is 44.8. The molecule has 3 rings (SSSR count). The Morgan fingerprint density at radius 2 is 1.94 bits per heavy atom. The van der Waals surface area contributed by atoms with Crippen LogP contribution in [0.4, 0.5) is 0 Å². The minimum absolute atomic E-state index is 0.837. The maximum Gasteiger partial charge on any atom is 0.0125 e. The van der Waals surface area contributed by atoms with E-state index in [-0.39, 0.29) is 0 Å². The van der Waals surface area contributed by atoms with Crippen LogP contribution in [0, 0.1) is 5.92 Å². The van der Waals surface area contributed by atoms with Crippen molar-refractivity contribution in [3.05, 3.63) is 0 Å². The van der Waals surface area contributed by atoms with Gasteiger partial charge in [-0.05, 0) is 64.5 Å². The predicted molar refractivity (Wildman–Crippen MR) is 67.6 cm³/mol. The Balaban J connectivity index is 1.57. The third kappa shape index (κ3) is 2.02. The number of nitrogens with one attached hydrogen (secondary N) is 1. The van der Waals surface area contributed by atoms with Crippen LogP contribution in [0.15, 0.2) is 0 Å². The molecule has 0 spiro atoms. The lowest BCUT2D eigenvalue weighted by molar-refractivity contribution is 0.105. The van der Waals surface area contributed by atoms with E-state index in [4.69, 9.17) is 0 Å². The fourth-order valence-electron chi connectivity index (χ4n) is 4.32. The zero-order chi connectivity index (χ0) is 11.0. The number of hydrogen-bond donors (Lipinski definition) is 1. The zero-order valence-corrected chi connectivity index (χ0v) is 10.6. The van der Waals surface area contributed by atoms with E-state index >= 15 is 0 Å². The van der Waals surface area contributed by atoms with Gasteiger partial charge in [0, 0.05) is 18.1 Å². The van der Waals surface area contributed by atoms with Gasteiger partial charge in [0.15, 0.2) is 0 Å². The first-order valence-corrected chi connectivity index (χ1v) is 7.30. The van der Waals surface area contributed by atoms with Crippen molar-refractivity contribution in [2.24, 2.45) is 5.92 Å². The van der Waals surface area contributed by atoms with Gasteiger partial charge in [0.25, 0.3) is 0 Å². The number of piperidine rings is 2. The summed E-state index contributed by atoms with van der Waals surface area (Å²) in [5.41, 5.74) is 0. The highest BCUT2D eigenvalue weighted by Gasteiger charge is 2.40. The summed E-state index contributed by atoms with van der Waals surface area (Å²) in [5.74, 6) is 0.986. The molecule has 0 saturated carbocycles. The van der Waals surface area contributed by atoms with Crippen molar-refractivity contribution in [3.8, 4) is 0 Å². The van der Waals surface area contributed by atoms with Crippen molar-refractivity contribution < 1.29 is 0 Å². The molecule has 92 valence electrons. The molecule has 2 heteroatoms. The summed E-state index contributed by atoms with van der Waals surface area (Å²) >= 11 is 0. The minimum Gasteiger partial charge on any atom is -0.314 e. The van der Waals surface area contributed by atoms with Crippen molar-refractivity contribution in [1.29, 1.82) is 0 Å².